The van der Waals surface area contributed by atoms with Crippen LogP contribution >= 0.6 is 11.6 Å². The number of amides is 1. The zero-order chi connectivity index (χ0) is 18.8. The van der Waals surface area contributed by atoms with E-state index in [1.807, 2.05) is 0 Å². The number of nitrogens with zero attached hydrogens (tertiary/aromatic N) is 1. The van der Waals surface area contributed by atoms with Crippen molar-refractivity contribution >= 4 is 34.4 Å². The molecule has 0 atom stereocenters. The quantitative estimate of drug-likeness (QED) is 0.401. The van der Waals surface area contributed by atoms with Crippen LogP contribution in [0.2, 0.25) is 5.02 Å². The van der Waals surface area contributed by atoms with Crippen LogP contribution in [0.25, 0.3) is 10.9 Å². The largest absolute Gasteiger partial charge is 0.483 e. The van der Waals surface area contributed by atoms with Crippen molar-refractivity contribution in [2.45, 2.75) is 13.2 Å². The minimum atomic E-state index is -0.450. The smallest absolute Gasteiger partial charge is 0.276 e. The number of carbonyl (C=O) groups is 1. The van der Waals surface area contributed by atoms with Crippen molar-refractivity contribution in [1.29, 1.82) is 5.41 Å². The minimum absolute atomic E-state index is 0.201. The van der Waals surface area contributed by atoms with Crippen molar-refractivity contribution in [3.05, 3.63) is 52.6 Å². The van der Waals surface area contributed by atoms with Gasteiger partial charge in [-0.3, -0.25) is 15.1 Å². The summed E-state index contributed by atoms with van der Waals surface area (Å²) in [6.45, 7) is 0.517. The zero-order valence-electron chi connectivity index (χ0n) is 14.0. The van der Waals surface area contributed by atoms with Gasteiger partial charge in [-0.25, -0.2) is 0 Å². The first-order valence-electron chi connectivity index (χ1n) is 7.74. The average molecular weight is 376 g/mol. The molecule has 3 aromatic rings. The maximum absolute atomic E-state index is 12.4. The van der Waals surface area contributed by atoms with Crippen molar-refractivity contribution < 1.29 is 13.9 Å². The standard InChI is InChI=1S/C17H18ClN5O3/c1-23(17(20)21)16(24)13-6-11-12(18)4-5-14(15(11)22-13)25-8-10-3-2-9(7-19)26-10/h2-6,22H,7-8,19H2,1H3,(H3,20,21). The Morgan fingerprint density at radius 2 is 2.08 bits per heavy atom. The molecule has 0 unspecified atom stereocenters. The fourth-order valence-corrected chi connectivity index (χ4v) is 2.66. The molecule has 0 fully saturated rings. The molecule has 0 aliphatic carbocycles. The number of rotatable bonds is 5. The lowest BCUT2D eigenvalue weighted by molar-refractivity contribution is 0.0864. The van der Waals surface area contributed by atoms with Crippen molar-refractivity contribution in [2.75, 3.05) is 7.05 Å². The number of ether oxygens (including phenoxy) is 1. The van der Waals surface area contributed by atoms with Crippen LogP contribution < -0.4 is 16.2 Å². The van der Waals surface area contributed by atoms with Gasteiger partial charge in [-0.2, -0.15) is 0 Å². The molecule has 9 heteroatoms. The maximum Gasteiger partial charge on any atom is 0.276 e. The molecule has 2 aromatic heterocycles. The van der Waals surface area contributed by atoms with E-state index in [-0.39, 0.29) is 18.3 Å². The van der Waals surface area contributed by atoms with Gasteiger partial charge in [0.15, 0.2) is 5.96 Å². The van der Waals surface area contributed by atoms with E-state index in [9.17, 15) is 4.79 Å². The van der Waals surface area contributed by atoms with E-state index < -0.39 is 5.91 Å². The Bertz CT molecular complexity index is 978. The normalized spacial score (nSPS) is 10.9. The Hall–Kier alpha value is -2.97. The zero-order valence-corrected chi connectivity index (χ0v) is 14.8. The first-order chi connectivity index (χ1) is 12.4. The molecule has 1 amide bonds. The Balaban J connectivity index is 1.90. The van der Waals surface area contributed by atoms with E-state index in [1.165, 1.54) is 7.05 Å². The average Bonchev–Trinajstić information content (AvgIpc) is 3.27. The molecule has 0 saturated carbocycles. The van der Waals surface area contributed by atoms with Crippen molar-refractivity contribution in [3.63, 3.8) is 0 Å². The first kappa shape index (κ1) is 17.8. The van der Waals surface area contributed by atoms with Crippen LogP contribution in [-0.4, -0.2) is 28.8 Å². The summed E-state index contributed by atoms with van der Waals surface area (Å²) in [6.07, 6.45) is 0. The highest BCUT2D eigenvalue weighted by molar-refractivity contribution is 6.35. The summed E-state index contributed by atoms with van der Waals surface area (Å²) in [5.74, 6) is 1.01. The summed E-state index contributed by atoms with van der Waals surface area (Å²) < 4.78 is 11.3. The van der Waals surface area contributed by atoms with Crippen LogP contribution in [0.1, 0.15) is 22.0 Å². The number of aromatic nitrogens is 1. The van der Waals surface area contributed by atoms with Gasteiger partial charge in [0, 0.05) is 12.4 Å². The first-order valence-corrected chi connectivity index (χ1v) is 8.12. The summed E-state index contributed by atoms with van der Waals surface area (Å²) in [5, 5.41) is 8.48. The summed E-state index contributed by atoms with van der Waals surface area (Å²) in [5.41, 5.74) is 11.7. The second-order valence-corrected chi connectivity index (χ2v) is 6.03. The number of hydrogen-bond acceptors (Lipinski definition) is 5. The van der Waals surface area contributed by atoms with Crippen molar-refractivity contribution in [1.82, 2.24) is 9.88 Å². The molecule has 1 aromatic carbocycles. The van der Waals surface area contributed by atoms with Gasteiger partial charge >= 0.3 is 0 Å². The molecular weight excluding hydrogens is 358 g/mol. The van der Waals surface area contributed by atoms with Gasteiger partial charge in [0.2, 0.25) is 0 Å². The molecule has 0 bridgehead atoms. The van der Waals surface area contributed by atoms with Gasteiger partial charge < -0.3 is 25.6 Å². The minimum Gasteiger partial charge on any atom is -0.483 e. The molecular formula is C17H18ClN5O3. The van der Waals surface area contributed by atoms with Crippen LogP contribution in [-0.2, 0) is 13.2 Å². The molecule has 0 spiro atoms. The summed E-state index contributed by atoms with van der Waals surface area (Å²) in [7, 11) is 1.42. The van der Waals surface area contributed by atoms with Gasteiger partial charge in [0.1, 0.15) is 29.6 Å². The molecule has 0 saturated heterocycles. The van der Waals surface area contributed by atoms with Gasteiger partial charge in [-0.15, -0.1) is 0 Å². The Labute approximate surface area is 154 Å². The second-order valence-electron chi connectivity index (χ2n) is 5.63. The third-order valence-corrected chi connectivity index (χ3v) is 4.22. The van der Waals surface area contributed by atoms with Crippen LogP contribution in [0.3, 0.4) is 0 Å². The monoisotopic (exact) mass is 375 g/mol. The van der Waals surface area contributed by atoms with Gasteiger partial charge in [0.25, 0.3) is 5.91 Å². The van der Waals surface area contributed by atoms with E-state index >= 15 is 0 Å². The molecule has 26 heavy (non-hydrogen) atoms. The number of hydrogen-bond donors (Lipinski definition) is 4. The fourth-order valence-electron chi connectivity index (χ4n) is 2.44. The van der Waals surface area contributed by atoms with E-state index in [2.05, 4.69) is 4.98 Å². The van der Waals surface area contributed by atoms with Crippen LogP contribution in [0, 0.1) is 5.41 Å². The number of halogens is 1. The summed E-state index contributed by atoms with van der Waals surface area (Å²) in [6, 6.07) is 8.58. The molecule has 136 valence electrons. The Morgan fingerprint density at radius 1 is 1.35 bits per heavy atom. The number of guanidine groups is 1. The van der Waals surface area contributed by atoms with E-state index in [4.69, 9.17) is 37.6 Å². The predicted octanol–water partition coefficient (Wildman–Crippen LogP) is 2.42. The van der Waals surface area contributed by atoms with Gasteiger partial charge in [-0.1, -0.05) is 11.6 Å². The molecule has 0 aliphatic heterocycles. The number of carbonyl (C=O) groups excluding carboxylic acids is 1. The van der Waals surface area contributed by atoms with E-state index in [0.717, 1.165) is 4.90 Å². The fraction of sp³-hybridized carbons (Fsp3) is 0.176. The lowest BCUT2D eigenvalue weighted by atomic mass is 10.2. The summed E-state index contributed by atoms with van der Waals surface area (Å²) in [4.78, 5) is 16.4. The maximum atomic E-state index is 12.4. The molecule has 0 aliphatic rings. The summed E-state index contributed by atoms with van der Waals surface area (Å²) >= 11 is 6.23. The van der Waals surface area contributed by atoms with E-state index in [1.54, 1.807) is 30.3 Å². The predicted molar refractivity (Wildman–Crippen MR) is 98.2 cm³/mol. The lowest BCUT2D eigenvalue weighted by Gasteiger charge is -2.12. The molecule has 3 rings (SSSR count). The number of H-pyrrole nitrogens is 1. The molecule has 2 heterocycles. The third kappa shape index (κ3) is 3.37. The van der Waals surface area contributed by atoms with Crippen molar-refractivity contribution in [3.8, 4) is 5.75 Å². The van der Waals surface area contributed by atoms with Crippen molar-refractivity contribution in [2.24, 2.45) is 11.5 Å². The van der Waals surface area contributed by atoms with Gasteiger partial charge in [0.05, 0.1) is 17.1 Å². The van der Waals surface area contributed by atoms with Crippen LogP contribution in [0.15, 0.2) is 34.7 Å². The number of benzene rings is 1. The second kappa shape index (κ2) is 7.11. The van der Waals surface area contributed by atoms with Crippen LogP contribution in [0.4, 0.5) is 0 Å². The van der Waals surface area contributed by atoms with Crippen LogP contribution in [0.5, 0.6) is 5.75 Å². The number of fused-ring (bicyclic) bond motifs is 1. The molecule has 0 radical (unpaired) electrons. The lowest BCUT2D eigenvalue weighted by Crippen LogP contribution is -2.38. The highest BCUT2D eigenvalue weighted by Gasteiger charge is 2.19. The Kier molecular flexibility index (Phi) is 4.88. The number of aromatic amines is 1. The number of nitrogens with two attached hydrogens (primary N) is 2. The Morgan fingerprint density at radius 3 is 2.73 bits per heavy atom. The topological polar surface area (TPSA) is 134 Å². The number of nitrogens with one attached hydrogen (secondary N) is 2. The number of furan rings is 1. The highest BCUT2D eigenvalue weighted by Crippen LogP contribution is 2.32. The molecule has 8 nitrogen and oxygen atoms in total. The highest BCUT2D eigenvalue weighted by atomic mass is 35.5. The van der Waals surface area contributed by atoms with E-state index in [0.29, 0.717) is 39.7 Å². The molecule has 6 N–H and O–H groups in total. The SMILES string of the molecule is CN(C(=N)N)C(=O)c1cc2c(Cl)ccc(OCc3ccc(CN)o3)c2[nH]1. The van der Waals surface area contributed by atoms with Gasteiger partial charge in [-0.05, 0) is 30.3 Å². The third-order valence-electron chi connectivity index (χ3n) is 3.89.